The second-order valence-electron chi connectivity index (χ2n) is 5.20. The van der Waals surface area contributed by atoms with Crippen molar-refractivity contribution in [1.82, 2.24) is 10.3 Å². The first-order valence-electron chi connectivity index (χ1n) is 7.27. The van der Waals surface area contributed by atoms with E-state index >= 15 is 0 Å². The molecule has 19 heavy (non-hydrogen) atoms. The number of rotatable bonds is 7. The number of amides is 1. The fraction of sp³-hybridized carbons (Fsp3) is 0.600. The van der Waals surface area contributed by atoms with Gasteiger partial charge in [-0.25, -0.2) is 4.98 Å². The van der Waals surface area contributed by atoms with Crippen molar-refractivity contribution in [2.24, 2.45) is 5.92 Å². The van der Waals surface area contributed by atoms with Crippen LogP contribution in [0.25, 0.3) is 0 Å². The quantitative estimate of drug-likeness (QED) is 0.793. The molecule has 1 amide bonds. The van der Waals surface area contributed by atoms with Crippen LogP contribution in [0.2, 0.25) is 0 Å². The Kier molecular flexibility index (Phi) is 5.19. The average molecular weight is 261 g/mol. The zero-order valence-corrected chi connectivity index (χ0v) is 11.6. The van der Waals surface area contributed by atoms with Gasteiger partial charge >= 0.3 is 0 Å². The van der Waals surface area contributed by atoms with Crippen molar-refractivity contribution in [1.29, 1.82) is 0 Å². The first-order chi connectivity index (χ1) is 9.29. The van der Waals surface area contributed by atoms with E-state index in [1.54, 1.807) is 12.3 Å². The predicted octanol–water partition coefficient (Wildman–Crippen LogP) is 2.82. The molecule has 0 aliphatic heterocycles. The van der Waals surface area contributed by atoms with Crippen LogP contribution in [-0.2, 0) is 0 Å². The Labute approximate surface area is 115 Å². The maximum atomic E-state index is 11.9. The lowest BCUT2D eigenvalue weighted by Crippen LogP contribution is -2.28. The van der Waals surface area contributed by atoms with Gasteiger partial charge in [-0.2, -0.15) is 0 Å². The normalized spacial score (nSPS) is 14.8. The molecule has 0 bridgehead atoms. The summed E-state index contributed by atoms with van der Waals surface area (Å²) in [5.74, 6) is 0.759. The third-order valence-corrected chi connectivity index (χ3v) is 3.64. The highest BCUT2D eigenvalue weighted by molar-refractivity contribution is 5.92. The number of hydrogen-bond acceptors (Lipinski definition) is 3. The molecule has 1 aliphatic rings. The summed E-state index contributed by atoms with van der Waals surface area (Å²) in [6.45, 7) is 3.81. The van der Waals surface area contributed by atoms with E-state index < -0.39 is 0 Å². The lowest BCUT2D eigenvalue weighted by molar-refractivity contribution is 0.0944. The summed E-state index contributed by atoms with van der Waals surface area (Å²) in [6, 6.07) is 3.68. The molecule has 1 aromatic rings. The van der Waals surface area contributed by atoms with Crippen LogP contribution < -0.4 is 10.6 Å². The smallest absolute Gasteiger partial charge is 0.269 e. The minimum Gasteiger partial charge on any atom is -0.384 e. The van der Waals surface area contributed by atoms with E-state index in [0.29, 0.717) is 5.69 Å². The maximum Gasteiger partial charge on any atom is 0.269 e. The highest BCUT2D eigenvalue weighted by Gasteiger charge is 2.17. The van der Waals surface area contributed by atoms with E-state index in [0.717, 1.165) is 37.5 Å². The summed E-state index contributed by atoms with van der Waals surface area (Å²) in [4.78, 5) is 16.1. The molecule has 2 N–H and O–H groups in total. The molecule has 1 aromatic heterocycles. The number of nitrogens with zero attached hydrogens (tertiary/aromatic N) is 1. The molecule has 0 atom stereocenters. The first-order valence-corrected chi connectivity index (χ1v) is 7.27. The lowest BCUT2D eigenvalue weighted by Gasteiger charge is -2.25. The van der Waals surface area contributed by atoms with Gasteiger partial charge in [-0.05, 0) is 30.9 Å². The van der Waals surface area contributed by atoms with Crippen molar-refractivity contribution < 1.29 is 4.79 Å². The van der Waals surface area contributed by atoms with Crippen LogP contribution in [0, 0.1) is 5.92 Å². The van der Waals surface area contributed by atoms with Gasteiger partial charge in [-0.15, -0.1) is 0 Å². The molecule has 4 heteroatoms. The van der Waals surface area contributed by atoms with E-state index in [1.165, 1.54) is 19.3 Å². The summed E-state index contributed by atoms with van der Waals surface area (Å²) in [5.41, 5.74) is 1.46. The number of anilines is 1. The summed E-state index contributed by atoms with van der Waals surface area (Å²) in [5, 5.41) is 6.18. The lowest BCUT2D eigenvalue weighted by atomic mass is 9.83. The molecule has 1 saturated carbocycles. The Morgan fingerprint density at radius 2 is 2.21 bits per heavy atom. The van der Waals surface area contributed by atoms with Gasteiger partial charge in [0.25, 0.3) is 5.91 Å². The summed E-state index contributed by atoms with van der Waals surface area (Å²) in [7, 11) is 0. The molecule has 1 aliphatic carbocycles. The number of hydrogen-bond donors (Lipinski definition) is 2. The molecule has 0 aromatic carbocycles. The van der Waals surface area contributed by atoms with Crippen molar-refractivity contribution in [3.8, 4) is 0 Å². The van der Waals surface area contributed by atoms with E-state index in [1.807, 2.05) is 6.07 Å². The van der Waals surface area contributed by atoms with E-state index in [4.69, 9.17) is 0 Å². The van der Waals surface area contributed by atoms with E-state index in [-0.39, 0.29) is 5.91 Å². The Morgan fingerprint density at radius 3 is 2.79 bits per heavy atom. The second kappa shape index (κ2) is 7.12. The van der Waals surface area contributed by atoms with Gasteiger partial charge in [0.05, 0.1) is 11.9 Å². The third-order valence-electron chi connectivity index (χ3n) is 3.64. The van der Waals surface area contributed by atoms with Gasteiger partial charge in [0.2, 0.25) is 0 Å². The highest BCUT2D eigenvalue weighted by atomic mass is 16.1. The zero-order chi connectivity index (χ0) is 13.5. The van der Waals surface area contributed by atoms with Crippen LogP contribution in [0.15, 0.2) is 18.3 Å². The third kappa shape index (κ3) is 4.23. The average Bonchev–Trinajstić information content (AvgIpc) is 2.39. The van der Waals surface area contributed by atoms with Crippen molar-refractivity contribution >= 4 is 11.6 Å². The molecule has 2 rings (SSSR count). The molecule has 0 radical (unpaired) electrons. The number of aromatic nitrogens is 1. The Balaban J connectivity index is 1.74. The molecule has 1 heterocycles. The van der Waals surface area contributed by atoms with Crippen molar-refractivity contribution in [3.63, 3.8) is 0 Å². The Hall–Kier alpha value is -1.58. The molecular weight excluding hydrogens is 238 g/mol. The summed E-state index contributed by atoms with van der Waals surface area (Å²) < 4.78 is 0. The minimum absolute atomic E-state index is 0.0682. The van der Waals surface area contributed by atoms with Crippen molar-refractivity contribution in [2.45, 2.75) is 39.0 Å². The highest BCUT2D eigenvalue weighted by Crippen LogP contribution is 2.28. The van der Waals surface area contributed by atoms with Crippen LogP contribution in [0.4, 0.5) is 5.69 Å². The van der Waals surface area contributed by atoms with Crippen LogP contribution in [-0.4, -0.2) is 24.0 Å². The Bertz CT molecular complexity index is 398. The van der Waals surface area contributed by atoms with Gasteiger partial charge in [-0.3, -0.25) is 4.79 Å². The fourth-order valence-electron chi connectivity index (χ4n) is 2.16. The molecular formula is C15H23N3O. The van der Waals surface area contributed by atoms with Gasteiger partial charge in [0, 0.05) is 13.1 Å². The van der Waals surface area contributed by atoms with Crippen LogP contribution in [0.1, 0.15) is 49.5 Å². The van der Waals surface area contributed by atoms with Crippen LogP contribution in [0.3, 0.4) is 0 Å². The van der Waals surface area contributed by atoms with Crippen LogP contribution in [0.5, 0.6) is 0 Å². The van der Waals surface area contributed by atoms with Gasteiger partial charge in [0.15, 0.2) is 0 Å². The number of carbonyl (C=O) groups excluding carboxylic acids is 1. The molecule has 1 fully saturated rings. The van der Waals surface area contributed by atoms with Gasteiger partial charge in [-0.1, -0.05) is 26.2 Å². The predicted molar refractivity (Wildman–Crippen MR) is 77.3 cm³/mol. The largest absolute Gasteiger partial charge is 0.384 e. The first kappa shape index (κ1) is 13.8. The number of pyridine rings is 1. The Morgan fingerprint density at radius 1 is 1.37 bits per heavy atom. The zero-order valence-electron chi connectivity index (χ0n) is 11.6. The minimum atomic E-state index is -0.0682. The summed E-state index contributed by atoms with van der Waals surface area (Å²) in [6.07, 6.45) is 7.89. The molecule has 0 unspecified atom stereocenters. The van der Waals surface area contributed by atoms with Gasteiger partial charge < -0.3 is 10.6 Å². The van der Waals surface area contributed by atoms with Crippen molar-refractivity contribution in [2.75, 3.05) is 18.4 Å². The monoisotopic (exact) mass is 261 g/mol. The van der Waals surface area contributed by atoms with Gasteiger partial charge in [0.1, 0.15) is 5.69 Å². The van der Waals surface area contributed by atoms with E-state index in [2.05, 4.69) is 22.5 Å². The van der Waals surface area contributed by atoms with Crippen LogP contribution >= 0.6 is 0 Å². The molecule has 0 spiro atoms. The second-order valence-corrected chi connectivity index (χ2v) is 5.20. The fourth-order valence-corrected chi connectivity index (χ4v) is 2.16. The molecule has 104 valence electrons. The summed E-state index contributed by atoms with van der Waals surface area (Å²) >= 11 is 0. The number of nitrogens with one attached hydrogen (secondary N) is 2. The van der Waals surface area contributed by atoms with Crippen molar-refractivity contribution in [3.05, 3.63) is 24.0 Å². The molecule has 0 saturated heterocycles. The van der Waals surface area contributed by atoms with E-state index in [9.17, 15) is 4.79 Å². The topological polar surface area (TPSA) is 54.0 Å². The maximum absolute atomic E-state index is 11.9. The number of carbonyl (C=O) groups is 1. The molecule has 4 nitrogen and oxygen atoms in total. The SMILES string of the molecule is CCCNc1ccc(C(=O)NCCC2CCC2)nc1. The standard InChI is InChI=1S/C15H23N3O/c1-2-9-16-13-6-7-14(18-11-13)15(19)17-10-8-12-4-3-5-12/h6-7,11-12,16H,2-5,8-10H2,1H3,(H,17,19).